The van der Waals surface area contributed by atoms with Gasteiger partial charge in [-0.3, -0.25) is 0 Å². The monoisotopic (exact) mass is 351 g/mol. The predicted octanol–water partition coefficient (Wildman–Crippen LogP) is 4.34. The minimum absolute atomic E-state index is 0. The molecule has 0 aliphatic rings. The minimum atomic E-state index is -0.432. The molecule has 1 unspecified atom stereocenters. The first-order valence-corrected chi connectivity index (χ1v) is 6.66. The fourth-order valence-electron chi connectivity index (χ4n) is 1.97. The van der Waals surface area contributed by atoms with E-state index in [1.807, 2.05) is 24.3 Å². The van der Waals surface area contributed by atoms with Crippen LogP contribution in [0.5, 0.6) is 0 Å². The van der Waals surface area contributed by atoms with Crippen LogP contribution in [0.3, 0.4) is 0 Å². The molecule has 20 heavy (non-hydrogen) atoms. The summed E-state index contributed by atoms with van der Waals surface area (Å²) in [5.41, 5.74) is 1.65. The van der Waals surface area contributed by atoms with Gasteiger partial charge in [0, 0.05) is 0 Å². The second kappa shape index (κ2) is 6.24. The highest BCUT2D eigenvalue weighted by Crippen LogP contribution is 2.30. The zero-order chi connectivity index (χ0) is 13.2. The number of carbonyl (C=O) groups is 1. The largest absolute Gasteiger partial charge is 0.302 e. The van der Waals surface area contributed by atoms with E-state index >= 15 is 0 Å². The summed E-state index contributed by atoms with van der Waals surface area (Å²) in [6, 6.07) is 13.7. The number of aromatic nitrogens is 1. The molecule has 0 fully saturated rings. The summed E-state index contributed by atoms with van der Waals surface area (Å²) in [7, 11) is 0. The molecule has 102 valence electrons. The van der Waals surface area contributed by atoms with Crippen LogP contribution in [0.2, 0.25) is 0 Å². The van der Waals surface area contributed by atoms with Crippen molar-refractivity contribution in [1.29, 1.82) is 0 Å². The van der Waals surface area contributed by atoms with Gasteiger partial charge in [0.1, 0.15) is 17.1 Å². The van der Waals surface area contributed by atoms with Crippen LogP contribution in [-0.2, 0) is 4.79 Å². The average molecular weight is 352 g/mol. The molecular formula is C15H11BrFNOS. The zero-order valence-corrected chi connectivity index (χ0v) is 12.9. The average Bonchev–Trinajstić information content (AvgIpc) is 2.85. The number of rotatable bonds is 3. The van der Waals surface area contributed by atoms with Crippen LogP contribution in [0.1, 0.15) is 16.5 Å². The van der Waals surface area contributed by atoms with Crippen LogP contribution >= 0.6 is 28.3 Å². The van der Waals surface area contributed by atoms with Gasteiger partial charge in [0.2, 0.25) is 0 Å². The maximum atomic E-state index is 12.9. The van der Waals surface area contributed by atoms with Gasteiger partial charge in [-0.25, -0.2) is 9.37 Å². The molecule has 3 aromatic rings. The fourth-order valence-corrected chi connectivity index (χ4v) is 3.03. The van der Waals surface area contributed by atoms with Crippen molar-refractivity contribution in [1.82, 2.24) is 4.98 Å². The van der Waals surface area contributed by atoms with E-state index < -0.39 is 5.92 Å². The van der Waals surface area contributed by atoms with Gasteiger partial charge in [-0.1, -0.05) is 24.3 Å². The summed E-state index contributed by atoms with van der Waals surface area (Å²) in [5, 5.41) is 0.739. The van der Waals surface area contributed by atoms with E-state index in [1.54, 1.807) is 12.1 Å². The highest BCUT2D eigenvalue weighted by Gasteiger charge is 2.17. The standard InChI is InChI=1S/C15H10FNOS.BrH/c16-11-7-5-10(6-8-11)12(9-18)15-17-13-3-1-2-4-14(13)19-15;/h1-9,12H;1H. The second-order valence-electron chi connectivity index (χ2n) is 4.19. The van der Waals surface area contributed by atoms with Crippen LogP contribution < -0.4 is 0 Å². The third-order valence-electron chi connectivity index (χ3n) is 2.94. The number of thiazole rings is 1. The Morgan fingerprint density at radius 3 is 2.45 bits per heavy atom. The third kappa shape index (κ3) is 2.78. The smallest absolute Gasteiger partial charge is 0.134 e. The number of hydrogen-bond donors (Lipinski definition) is 0. The van der Waals surface area contributed by atoms with Crippen molar-refractivity contribution in [3.8, 4) is 0 Å². The molecule has 0 spiro atoms. The first kappa shape index (κ1) is 14.8. The highest BCUT2D eigenvalue weighted by atomic mass is 79.9. The normalized spacial score (nSPS) is 11.8. The summed E-state index contributed by atoms with van der Waals surface area (Å²) in [5.74, 6) is -0.740. The summed E-state index contributed by atoms with van der Waals surface area (Å²) in [6.07, 6.45) is 0.852. The maximum Gasteiger partial charge on any atom is 0.134 e. The molecule has 0 aliphatic carbocycles. The third-order valence-corrected chi connectivity index (χ3v) is 4.06. The van der Waals surface area contributed by atoms with E-state index in [0.29, 0.717) is 0 Å². The molecule has 1 aromatic heterocycles. The second-order valence-corrected chi connectivity index (χ2v) is 5.25. The van der Waals surface area contributed by atoms with Crippen molar-refractivity contribution >= 4 is 44.8 Å². The number of halogens is 2. The summed E-state index contributed by atoms with van der Waals surface area (Å²) in [4.78, 5) is 15.8. The number of nitrogens with zero attached hydrogens (tertiary/aromatic N) is 1. The molecule has 2 nitrogen and oxygen atoms in total. The van der Waals surface area contributed by atoms with Gasteiger partial charge in [0.15, 0.2) is 0 Å². The molecule has 3 rings (SSSR count). The topological polar surface area (TPSA) is 30.0 Å². The number of para-hydroxylation sites is 1. The predicted molar refractivity (Wildman–Crippen MR) is 84.2 cm³/mol. The maximum absolute atomic E-state index is 12.9. The number of carbonyl (C=O) groups excluding carboxylic acids is 1. The van der Waals surface area contributed by atoms with Crippen LogP contribution in [0.15, 0.2) is 48.5 Å². The van der Waals surface area contributed by atoms with Gasteiger partial charge in [-0.2, -0.15) is 0 Å². The lowest BCUT2D eigenvalue weighted by molar-refractivity contribution is -0.108. The Hall–Kier alpha value is -1.59. The SMILES string of the molecule is Br.O=CC(c1ccc(F)cc1)c1nc2ccccc2s1. The number of hydrogen-bond acceptors (Lipinski definition) is 3. The summed E-state index contributed by atoms with van der Waals surface area (Å²) in [6.45, 7) is 0. The van der Waals surface area contributed by atoms with Crippen molar-refractivity contribution in [3.05, 3.63) is 64.9 Å². The Bertz CT molecular complexity index is 693. The molecule has 0 amide bonds. The Balaban J connectivity index is 0.00000147. The van der Waals surface area contributed by atoms with Crippen LogP contribution in [-0.4, -0.2) is 11.3 Å². The molecule has 0 saturated carbocycles. The van der Waals surface area contributed by atoms with E-state index in [4.69, 9.17) is 0 Å². The van der Waals surface area contributed by atoms with Gasteiger partial charge in [-0.05, 0) is 29.8 Å². The van der Waals surface area contributed by atoms with Crippen LogP contribution in [0, 0.1) is 5.82 Å². The first-order chi connectivity index (χ1) is 9.28. The Kier molecular flexibility index (Phi) is 4.62. The number of benzene rings is 2. The van der Waals surface area contributed by atoms with Crippen molar-refractivity contribution in [2.75, 3.05) is 0 Å². The Morgan fingerprint density at radius 2 is 1.80 bits per heavy atom. The van der Waals surface area contributed by atoms with Crippen molar-refractivity contribution in [2.24, 2.45) is 0 Å². The van der Waals surface area contributed by atoms with E-state index in [1.165, 1.54) is 23.5 Å². The minimum Gasteiger partial charge on any atom is -0.302 e. The Morgan fingerprint density at radius 1 is 1.10 bits per heavy atom. The van der Waals surface area contributed by atoms with Gasteiger partial charge in [0.25, 0.3) is 0 Å². The molecular weight excluding hydrogens is 341 g/mol. The first-order valence-electron chi connectivity index (χ1n) is 5.84. The van der Waals surface area contributed by atoms with Gasteiger partial charge in [0.05, 0.1) is 16.1 Å². The van der Waals surface area contributed by atoms with Crippen molar-refractivity contribution in [3.63, 3.8) is 0 Å². The van der Waals surface area contributed by atoms with Gasteiger partial charge < -0.3 is 4.79 Å². The molecule has 5 heteroatoms. The number of fused-ring (bicyclic) bond motifs is 1. The van der Waals surface area contributed by atoms with Crippen LogP contribution in [0.4, 0.5) is 4.39 Å². The number of aldehydes is 1. The fraction of sp³-hybridized carbons (Fsp3) is 0.0667. The molecule has 0 aliphatic heterocycles. The zero-order valence-electron chi connectivity index (χ0n) is 10.3. The Labute approximate surface area is 130 Å². The van der Waals surface area contributed by atoms with E-state index in [0.717, 1.165) is 27.1 Å². The highest BCUT2D eigenvalue weighted by molar-refractivity contribution is 8.93. The lowest BCUT2D eigenvalue weighted by atomic mass is 10.0. The molecule has 1 atom stereocenters. The molecule has 1 heterocycles. The lowest BCUT2D eigenvalue weighted by Gasteiger charge is -2.06. The van der Waals surface area contributed by atoms with Gasteiger partial charge in [-0.15, -0.1) is 28.3 Å². The summed E-state index contributed by atoms with van der Waals surface area (Å²) < 4.78 is 14.0. The molecule has 2 aromatic carbocycles. The molecule has 0 bridgehead atoms. The van der Waals surface area contributed by atoms with Gasteiger partial charge >= 0.3 is 0 Å². The van der Waals surface area contributed by atoms with Crippen molar-refractivity contribution in [2.45, 2.75) is 5.92 Å². The van der Waals surface area contributed by atoms with Crippen molar-refractivity contribution < 1.29 is 9.18 Å². The van der Waals surface area contributed by atoms with E-state index in [-0.39, 0.29) is 22.8 Å². The lowest BCUT2D eigenvalue weighted by Crippen LogP contribution is -2.01. The quantitative estimate of drug-likeness (QED) is 0.656. The van der Waals surface area contributed by atoms with E-state index in [2.05, 4.69) is 4.98 Å². The van der Waals surface area contributed by atoms with Crippen LogP contribution in [0.25, 0.3) is 10.2 Å². The summed E-state index contributed by atoms with van der Waals surface area (Å²) >= 11 is 1.49. The molecule has 0 radical (unpaired) electrons. The molecule has 0 N–H and O–H groups in total. The van der Waals surface area contributed by atoms with E-state index in [9.17, 15) is 9.18 Å². The molecule has 0 saturated heterocycles.